The summed E-state index contributed by atoms with van der Waals surface area (Å²) in [5, 5.41) is 6.79. The van der Waals surface area contributed by atoms with Crippen LogP contribution in [0.1, 0.15) is 65.1 Å². The first-order valence-corrected chi connectivity index (χ1v) is 12.4. The fourth-order valence-electron chi connectivity index (χ4n) is 7.09. The molecular formula is C28H29N5O2. The maximum atomic E-state index is 13.4. The molecule has 0 saturated heterocycles. The van der Waals surface area contributed by atoms with Crippen LogP contribution in [0.4, 0.5) is 0 Å². The fraction of sp³-hybridized carbons (Fsp3) is 0.393. The summed E-state index contributed by atoms with van der Waals surface area (Å²) in [6.45, 7) is 1.89. The van der Waals surface area contributed by atoms with Crippen molar-refractivity contribution in [3.8, 4) is 11.4 Å². The topological polar surface area (TPSA) is 96.9 Å². The number of rotatable bonds is 5. The van der Waals surface area contributed by atoms with Crippen LogP contribution in [0.3, 0.4) is 0 Å². The lowest BCUT2D eigenvalue weighted by Crippen LogP contribution is -2.69. The molecule has 0 spiro atoms. The Balaban J connectivity index is 1.23. The molecule has 2 amide bonds. The van der Waals surface area contributed by atoms with E-state index in [0.717, 1.165) is 43.4 Å². The summed E-state index contributed by atoms with van der Waals surface area (Å²) in [5.41, 5.74) is 2.12. The Bertz CT molecular complexity index is 1280. The molecule has 178 valence electrons. The molecule has 2 N–H and O–H groups in total. The Morgan fingerprint density at radius 3 is 2.20 bits per heavy atom. The summed E-state index contributed by atoms with van der Waals surface area (Å²) in [7, 11) is 0. The molecule has 2 aromatic heterocycles. The largest absolute Gasteiger partial charge is 0.346 e. The molecule has 7 nitrogen and oxygen atoms in total. The van der Waals surface area contributed by atoms with Crippen LogP contribution in [0, 0.1) is 18.8 Å². The summed E-state index contributed by atoms with van der Waals surface area (Å²) in [6, 6.07) is 14.8. The Morgan fingerprint density at radius 1 is 0.857 bits per heavy atom. The number of amides is 2. The smallest absolute Gasteiger partial charge is 0.270 e. The van der Waals surface area contributed by atoms with Crippen molar-refractivity contribution in [1.29, 1.82) is 0 Å². The van der Waals surface area contributed by atoms with E-state index in [0.29, 0.717) is 28.9 Å². The summed E-state index contributed by atoms with van der Waals surface area (Å²) < 4.78 is 0. The van der Waals surface area contributed by atoms with Gasteiger partial charge < -0.3 is 10.6 Å². The van der Waals surface area contributed by atoms with Gasteiger partial charge in [-0.05, 0) is 87.6 Å². The number of nitrogens with one attached hydrogen (secondary N) is 2. The molecule has 1 aromatic carbocycles. The predicted octanol–water partition coefficient (Wildman–Crippen LogP) is 4.10. The third-order valence-corrected chi connectivity index (χ3v) is 7.89. The monoisotopic (exact) mass is 467 g/mol. The zero-order valence-corrected chi connectivity index (χ0v) is 19.8. The average Bonchev–Trinajstić information content (AvgIpc) is 2.83. The Labute approximate surface area is 204 Å². The van der Waals surface area contributed by atoms with Gasteiger partial charge in [0.15, 0.2) is 5.82 Å². The van der Waals surface area contributed by atoms with E-state index in [1.807, 2.05) is 43.3 Å². The lowest BCUT2D eigenvalue weighted by Gasteiger charge is -2.62. The third-order valence-electron chi connectivity index (χ3n) is 7.89. The molecular weight excluding hydrogens is 438 g/mol. The van der Waals surface area contributed by atoms with Crippen LogP contribution >= 0.6 is 0 Å². The average molecular weight is 468 g/mol. The molecule has 2 unspecified atom stereocenters. The van der Waals surface area contributed by atoms with Gasteiger partial charge in [0.2, 0.25) is 0 Å². The molecule has 4 saturated carbocycles. The van der Waals surface area contributed by atoms with Crippen LogP contribution in [-0.2, 0) is 0 Å². The number of carbonyl (C=O) groups excluding carboxylic acids is 2. The van der Waals surface area contributed by atoms with Crippen LogP contribution in [0.15, 0.2) is 60.9 Å². The standard InChI is InChI=1S/C28H29N5O2/c1-18-5-2-8-23(31-18)26(35)33-28-15-19-11-20(16-28)14-27(13-19,17-28)32-25(34)22-7-3-6-21(12-22)24-29-9-4-10-30-24/h2-10,12,19-20H,11,13-17H2,1H3,(H,32,34)(H,33,35). The summed E-state index contributed by atoms with van der Waals surface area (Å²) in [6.07, 6.45) is 9.22. The number of carbonyl (C=O) groups is 2. The highest BCUT2D eigenvalue weighted by Gasteiger charge is 2.58. The zero-order valence-electron chi connectivity index (χ0n) is 19.8. The van der Waals surface area contributed by atoms with Crippen LogP contribution in [0.25, 0.3) is 11.4 Å². The SMILES string of the molecule is Cc1cccc(C(=O)NC23CC4CC(CC(NC(=O)c5cccc(-c6ncccn6)c5)(C4)C2)C3)n1. The van der Waals surface area contributed by atoms with Crippen LogP contribution in [0.5, 0.6) is 0 Å². The van der Waals surface area contributed by atoms with E-state index in [-0.39, 0.29) is 22.9 Å². The van der Waals surface area contributed by atoms with E-state index in [4.69, 9.17) is 0 Å². The maximum Gasteiger partial charge on any atom is 0.270 e. The molecule has 7 heteroatoms. The van der Waals surface area contributed by atoms with Crippen molar-refractivity contribution < 1.29 is 9.59 Å². The maximum absolute atomic E-state index is 13.4. The van der Waals surface area contributed by atoms with Gasteiger partial charge in [0.1, 0.15) is 5.69 Å². The van der Waals surface area contributed by atoms with Gasteiger partial charge in [0.05, 0.1) is 0 Å². The highest BCUT2D eigenvalue weighted by atomic mass is 16.2. The molecule has 4 fully saturated rings. The quantitative estimate of drug-likeness (QED) is 0.589. The highest BCUT2D eigenvalue weighted by molar-refractivity contribution is 5.96. The first-order valence-electron chi connectivity index (χ1n) is 12.4. The molecule has 3 aromatic rings. The number of aromatic nitrogens is 3. The second-order valence-corrected chi connectivity index (χ2v) is 10.7. The van der Waals surface area contributed by atoms with Crippen molar-refractivity contribution in [2.45, 2.75) is 56.5 Å². The Morgan fingerprint density at radius 2 is 1.51 bits per heavy atom. The normalized spacial score (nSPS) is 28.5. The van der Waals surface area contributed by atoms with Gasteiger partial charge in [-0.25, -0.2) is 15.0 Å². The Kier molecular flexibility index (Phi) is 5.16. The summed E-state index contributed by atoms with van der Waals surface area (Å²) in [5.74, 6) is 1.42. The van der Waals surface area contributed by atoms with E-state index >= 15 is 0 Å². The highest BCUT2D eigenvalue weighted by Crippen LogP contribution is 2.57. The van der Waals surface area contributed by atoms with Gasteiger partial charge in [-0.3, -0.25) is 9.59 Å². The molecule has 0 radical (unpaired) electrons. The molecule has 0 aliphatic heterocycles. The van der Waals surface area contributed by atoms with Crippen molar-refractivity contribution >= 4 is 11.8 Å². The van der Waals surface area contributed by atoms with E-state index < -0.39 is 0 Å². The number of aryl methyl sites for hydroxylation is 1. The minimum absolute atomic E-state index is 0.0773. The van der Waals surface area contributed by atoms with Gasteiger partial charge in [-0.2, -0.15) is 0 Å². The minimum atomic E-state index is -0.298. The number of hydrogen-bond donors (Lipinski definition) is 2. The first kappa shape index (κ1) is 21.9. The summed E-state index contributed by atoms with van der Waals surface area (Å²) in [4.78, 5) is 39.6. The van der Waals surface area contributed by atoms with Crippen molar-refractivity contribution in [1.82, 2.24) is 25.6 Å². The van der Waals surface area contributed by atoms with Crippen molar-refractivity contribution in [3.63, 3.8) is 0 Å². The summed E-state index contributed by atoms with van der Waals surface area (Å²) >= 11 is 0. The fourth-order valence-corrected chi connectivity index (χ4v) is 7.09. The number of benzene rings is 1. The van der Waals surface area contributed by atoms with E-state index in [1.54, 1.807) is 24.5 Å². The lowest BCUT2D eigenvalue weighted by molar-refractivity contribution is -0.0448. The number of hydrogen-bond acceptors (Lipinski definition) is 5. The van der Waals surface area contributed by atoms with Gasteiger partial charge in [-0.15, -0.1) is 0 Å². The van der Waals surface area contributed by atoms with E-state index in [9.17, 15) is 9.59 Å². The van der Waals surface area contributed by atoms with Gasteiger partial charge in [-0.1, -0.05) is 18.2 Å². The van der Waals surface area contributed by atoms with Gasteiger partial charge in [0, 0.05) is 40.3 Å². The zero-order chi connectivity index (χ0) is 24.0. The predicted molar refractivity (Wildman–Crippen MR) is 132 cm³/mol. The third kappa shape index (κ3) is 4.20. The Hall–Kier alpha value is -3.61. The molecule has 4 aliphatic carbocycles. The van der Waals surface area contributed by atoms with Crippen LogP contribution in [-0.4, -0.2) is 37.8 Å². The lowest BCUT2D eigenvalue weighted by atomic mass is 9.49. The minimum Gasteiger partial charge on any atom is -0.346 e. The number of pyridine rings is 1. The molecule has 7 rings (SSSR count). The molecule has 2 heterocycles. The van der Waals surface area contributed by atoms with E-state index in [2.05, 4.69) is 25.6 Å². The molecule has 4 bridgehead atoms. The molecule has 2 atom stereocenters. The van der Waals surface area contributed by atoms with Gasteiger partial charge in [0.25, 0.3) is 11.8 Å². The van der Waals surface area contributed by atoms with Crippen molar-refractivity contribution in [2.24, 2.45) is 11.8 Å². The number of nitrogens with zero attached hydrogens (tertiary/aromatic N) is 3. The van der Waals surface area contributed by atoms with Crippen LogP contribution in [0.2, 0.25) is 0 Å². The van der Waals surface area contributed by atoms with Crippen LogP contribution < -0.4 is 10.6 Å². The van der Waals surface area contributed by atoms with Gasteiger partial charge >= 0.3 is 0 Å². The van der Waals surface area contributed by atoms with E-state index in [1.165, 1.54) is 6.42 Å². The molecule has 4 aliphatic rings. The van der Waals surface area contributed by atoms with Crippen molar-refractivity contribution in [2.75, 3.05) is 0 Å². The van der Waals surface area contributed by atoms with Crippen molar-refractivity contribution in [3.05, 3.63) is 77.9 Å². The molecule has 35 heavy (non-hydrogen) atoms. The second-order valence-electron chi connectivity index (χ2n) is 10.7. The first-order chi connectivity index (χ1) is 16.9. The second kappa shape index (κ2) is 8.26.